The number of rotatable bonds is 8. The second kappa shape index (κ2) is 7.10. The molecule has 0 saturated carbocycles. The summed E-state index contributed by atoms with van der Waals surface area (Å²) in [7, 11) is 0. The van der Waals surface area contributed by atoms with E-state index in [0.717, 1.165) is 0 Å². The van der Waals surface area contributed by atoms with E-state index in [4.69, 9.17) is 14.0 Å². The van der Waals surface area contributed by atoms with Crippen LogP contribution in [-0.4, -0.2) is 25.1 Å². The van der Waals surface area contributed by atoms with Gasteiger partial charge in [0, 0.05) is 18.3 Å². The van der Waals surface area contributed by atoms with Crippen LogP contribution in [0.5, 0.6) is 0 Å². The molecule has 0 aromatic heterocycles. The lowest BCUT2D eigenvalue weighted by atomic mass is 9.47. The van der Waals surface area contributed by atoms with Gasteiger partial charge in [0.1, 0.15) is 0 Å². The van der Waals surface area contributed by atoms with Gasteiger partial charge in [0.25, 0.3) is 0 Å². The van der Waals surface area contributed by atoms with Crippen LogP contribution < -0.4 is 0 Å². The van der Waals surface area contributed by atoms with Crippen LogP contribution in [0.4, 0.5) is 0 Å². The number of hydrogen-bond acceptors (Lipinski definition) is 3. The van der Waals surface area contributed by atoms with Gasteiger partial charge in [0.2, 0.25) is 0 Å². The number of hydrogen-bond donors (Lipinski definition) is 0. The summed E-state index contributed by atoms with van der Waals surface area (Å²) >= 11 is 0. The minimum absolute atomic E-state index is 0.0653. The first-order valence-electron chi connectivity index (χ1n) is 7.61. The fourth-order valence-electron chi connectivity index (χ4n) is 2.11. The van der Waals surface area contributed by atoms with Gasteiger partial charge in [0.15, 0.2) is 0 Å². The molecule has 0 amide bonds. The maximum Gasteiger partial charge on any atom is 0.385 e. The molecule has 0 N–H and O–H groups in total. The van der Waals surface area contributed by atoms with Crippen molar-refractivity contribution in [2.24, 2.45) is 5.92 Å². The molecule has 0 saturated heterocycles. The Hall–Kier alpha value is -0.0551. The van der Waals surface area contributed by atoms with E-state index in [2.05, 4.69) is 27.7 Å². The Morgan fingerprint density at radius 2 is 0.895 bits per heavy atom. The second-order valence-electron chi connectivity index (χ2n) is 7.17. The van der Waals surface area contributed by atoms with Gasteiger partial charge in [0.05, 0.1) is 0 Å². The first kappa shape index (κ1) is 18.9. The van der Waals surface area contributed by atoms with E-state index in [1.54, 1.807) is 0 Å². The zero-order valence-corrected chi connectivity index (χ0v) is 14.6. The molecule has 0 aliphatic rings. The van der Waals surface area contributed by atoms with E-state index >= 15 is 0 Å². The van der Waals surface area contributed by atoms with Crippen LogP contribution in [0.2, 0.25) is 5.31 Å². The van der Waals surface area contributed by atoms with Crippen LogP contribution in [-0.2, 0) is 14.0 Å². The molecule has 0 aromatic rings. The smallest absolute Gasteiger partial charge is 0.385 e. The Balaban J connectivity index is 5.58. The van der Waals surface area contributed by atoms with Crippen LogP contribution >= 0.6 is 0 Å². The monoisotopic (exact) mass is 273 g/mol. The Labute approximate surface area is 120 Å². The van der Waals surface area contributed by atoms with Crippen LogP contribution in [0.25, 0.3) is 0 Å². The highest BCUT2D eigenvalue weighted by atomic mass is 16.8. The minimum atomic E-state index is -1.81. The normalized spacial score (nSPS) is 14.2. The molecule has 0 aromatic carbocycles. The molecule has 0 fully saturated rings. The lowest BCUT2D eigenvalue weighted by molar-refractivity contribution is -0.0206. The summed E-state index contributed by atoms with van der Waals surface area (Å²) in [6, 6.07) is 0. The molecule has 116 valence electrons. The second-order valence-corrected chi connectivity index (χ2v) is 7.17. The van der Waals surface area contributed by atoms with E-state index in [9.17, 15) is 0 Å². The van der Waals surface area contributed by atoms with Crippen molar-refractivity contribution in [1.29, 1.82) is 0 Å². The molecule has 0 bridgehead atoms. The largest absolute Gasteiger partial charge is 0.542 e. The first-order valence-corrected chi connectivity index (χ1v) is 7.61. The zero-order valence-electron chi connectivity index (χ0n) is 14.6. The van der Waals surface area contributed by atoms with Crippen molar-refractivity contribution in [3.63, 3.8) is 0 Å². The van der Waals surface area contributed by atoms with Crippen molar-refractivity contribution in [2.75, 3.05) is 0 Å². The molecule has 3 nitrogen and oxygen atoms in total. The molecule has 0 spiro atoms. The fraction of sp³-hybridized carbons (Fsp3) is 1.00. The van der Waals surface area contributed by atoms with Crippen molar-refractivity contribution in [1.82, 2.24) is 0 Å². The molecule has 0 rings (SSSR count). The van der Waals surface area contributed by atoms with Gasteiger partial charge in [-0.2, -0.15) is 0 Å². The van der Waals surface area contributed by atoms with Crippen molar-refractivity contribution in [3.8, 4) is 0 Å². The minimum Gasteiger partial charge on any atom is -0.542 e. The van der Waals surface area contributed by atoms with Crippen LogP contribution in [0.3, 0.4) is 0 Å². The predicted molar refractivity (Wildman–Crippen MR) is 83.3 cm³/mol. The SMILES string of the molecule is CC(C)O[B-](OC(C)C)(OC(C)C)C(C)(C)C(C)C. The highest BCUT2D eigenvalue weighted by Gasteiger charge is 2.48. The summed E-state index contributed by atoms with van der Waals surface area (Å²) in [4.78, 5) is 0. The Bertz CT molecular complexity index is 234. The van der Waals surface area contributed by atoms with Gasteiger partial charge < -0.3 is 14.0 Å². The summed E-state index contributed by atoms with van der Waals surface area (Å²) in [5, 5.41) is -0.196. The average Bonchev–Trinajstić information content (AvgIpc) is 2.12. The van der Waals surface area contributed by atoms with Gasteiger partial charge in [-0.15, -0.1) is 0 Å². The highest BCUT2D eigenvalue weighted by molar-refractivity contribution is 6.64. The Morgan fingerprint density at radius 3 is 1.05 bits per heavy atom. The van der Waals surface area contributed by atoms with E-state index in [1.807, 2.05) is 41.5 Å². The molecule has 0 atom stereocenters. The summed E-state index contributed by atoms with van der Waals surface area (Å²) in [6.45, 7) is 19.1. The van der Waals surface area contributed by atoms with Crippen molar-refractivity contribution >= 4 is 6.75 Å². The lowest BCUT2D eigenvalue weighted by Gasteiger charge is -2.57. The Morgan fingerprint density at radius 1 is 0.632 bits per heavy atom. The lowest BCUT2D eigenvalue weighted by Crippen LogP contribution is -2.59. The van der Waals surface area contributed by atoms with E-state index in [1.165, 1.54) is 0 Å². The van der Waals surface area contributed by atoms with Gasteiger partial charge in [-0.1, -0.05) is 38.9 Å². The van der Waals surface area contributed by atoms with Crippen LogP contribution in [0, 0.1) is 5.92 Å². The van der Waals surface area contributed by atoms with Crippen LogP contribution in [0.1, 0.15) is 69.2 Å². The molecular weight excluding hydrogens is 239 g/mol. The van der Waals surface area contributed by atoms with Crippen LogP contribution in [0.15, 0.2) is 0 Å². The third-order valence-electron chi connectivity index (χ3n) is 3.75. The first-order chi connectivity index (χ1) is 8.44. The van der Waals surface area contributed by atoms with Gasteiger partial charge in [-0.05, 0) is 41.5 Å². The summed E-state index contributed by atoms with van der Waals surface area (Å²) < 4.78 is 18.6. The quantitative estimate of drug-likeness (QED) is 0.603. The molecular formula is C15H34BO3-. The zero-order chi connectivity index (χ0) is 15.4. The predicted octanol–water partition coefficient (Wildman–Crippen LogP) is 4.64. The van der Waals surface area contributed by atoms with Gasteiger partial charge >= 0.3 is 6.75 Å². The Kier molecular flexibility index (Phi) is 7.08. The maximum atomic E-state index is 6.20. The molecule has 0 aliphatic heterocycles. The summed E-state index contributed by atoms with van der Waals surface area (Å²) in [5.41, 5.74) is 0. The van der Waals surface area contributed by atoms with E-state index in [-0.39, 0.29) is 23.6 Å². The molecule has 0 radical (unpaired) electrons. The third kappa shape index (κ3) is 5.09. The van der Waals surface area contributed by atoms with Crippen molar-refractivity contribution in [2.45, 2.75) is 92.9 Å². The standard InChI is InChI=1S/C15H34BO3/c1-11(2)15(9,10)16(17-12(3)4,18-13(5)6)19-14(7)8/h11-14H,1-10H3/q-1. The maximum absolute atomic E-state index is 6.20. The van der Waals surface area contributed by atoms with Gasteiger partial charge in [-0.3, -0.25) is 0 Å². The third-order valence-corrected chi connectivity index (χ3v) is 3.75. The molecule has 4 heteroatoms. The molecule has 19 heavy (non-hydrogen) atoms. The van der Waals surface area contributed by atoms with E-state index in [0.29, 0.717) is 5.92 Å². The topological polar surface area (TPSA) is 27.7 Å². The fourth-order valence-corrected chi connectivity index (χ4v) is 2.11. The summed E-state index contributed by atoms with van der Waals surface area (Å²) in [5.74, 6) is 0.392. The molecule has 0 unspecified atom stereocenters. The van der Waals surface area contributed by atoms with Crippen molar-refractivity contribution in [3.05, 3.63) is 0 Å². The highest BCUT2D eigenvalue weighted by Crippen LogP contribution is 2.47. The van der Waals surface area contributed by atoms with Crippen molar-refractivity contribution < 1.29 is 14.0 Å². The molecule has 0 aliphatic carbocycles. The average molecular weight is 273 g/mol. The summed E-state index contributed by atoms with van der Waals surface area (Å²) in [6.07, 6.45) is 0.196. The molecule has 0 heterocycles. The van der Waals surface area contributed by atoms with Gasteiger partial charge in [-0.25, -0.2) is 0 Å². The van der Waals surface area contributed by atoms with E-state index < -0.39 is 6.75 Å².